The summed E-state index contributed by atoms with van der Waals surface area (Å²) in [5.74, 6) is -0.807. The average Bonchev–Trinajstić information content (AvgIpc) is 2.55. The molecule has 4 N–H and O–H groups in total. The van der Waals surface area contributed by atoms with Gasteiger partial charge in [0.05, 0.1) is 21.8 Å². The third-order valence-corrected chi connectivity index (χ3v) is 4.99. The second kappa shape index (κ2) is 6.10. The molecule has 1 aliphatic rings. The van der Waals surface area contributed by atoms with E-state index >= 15 is 0 Å². The fraction of sp³-hybridized carbons (Fsp3) is 0.125. The molecular weight excluding hydrogens is 346 g/mol. The van der Waals surface area contributed by atoms with E-state index < -0.39 is 22.0 Å². The first kappa shape index (κ1) is 16.8. The maximum atomic E-state index is 12.6. The Hall–Kier alpha value is -3.07. The highest BCUT2D eigenvalue weighted by Gasteiger charge is 2.26. The van der Waals surface area contributed by atoms with Crippen molar-refractivity contribution in [3.05, 3.63) is 48.0 Å². The van der Waals surface area contributed by atoms with E-state index in [-0.39, 0.29) is 27.8 Å². The Morgan fingerprint density at radius 2 is 1.96 bits per heavy atom. The molecule has 25 heavy (non-hydrogen) atoms. The predicted octanol–water partition coefficient (Wildman–Crippen LogP) is 1.31. The average molecular weight is 361 g/mol. The third-order valence-electron chi connectivity index (χ3n) is 3.63. The Morgan fingerprint density at radius 3 is 2.68 bits per heavy atom. The lowest BCUT2D eigenvalue weighted by Gasteiger charge is -2.23. The van der Waals surface area contributed by atoms with Gasteiger partial charge in [-0.1, -0.05) is 12.1 Å². The smallest absolute Gasteiger partial charge is 0.265 e. The van der Waals surface area contributed by atoms with Crippen LogP contribution in [0.4, 0.5) is 11.4 Å². The Bertz CT molecular complexity index is 971. The summed E-state index contributed by atoms with van der Waals surface area (Å²) >= 11 is 0. The van der Waals surface area contributed by atoms with Crippen LogP contribution in [0.1, 0.15) is 17.3 Å². The molecule has 9 heteroatoms. The molecule has 0 aliphatic carbocycles. The minimum Gasteiger partial charge on any atom is -0.479 e. The van der Waals surface area contributed by atoms with E-state index in [1.165, 1.54) is 30.3 Å². The first-order chi connectivity index (χ1) is 11.8. The molecule has 0 aromatic heterocycles. The van der Waals surface area contributed by atoms with E-state index in [2.05, 4.69) is 10.0 Å². The predicted molar refractivity (Wildman–Crippen MR) is 90.9 cm³/mol. The van der Waals surface area contributed by atoms with Crippen LogP contribution in [-0.2, 0) is 14.8 Å². The number of ether oxygens (including phenoxy) is 1. The van der Waals surface area contributed by atoms with Crippen LogP contribution in [0.5, 0.6) is 5.75 Å². The number of rotatable bonds is 4. The second-order valence-electron chi connectivity index (χ2n) is 5.42. The van der Waals surface area contributed by atoms with Gasteiger partial charge in [-0.05, 0) is 31.2 Å². The van der Waals surface area contributed by atoms with E-state index in [9.17, 15) is 18.0 Å². The molecule has 2 aromatic carbocycles. The van der Waals surface area contributed by atoms with Gasteiger partial charge in [0.2, 0.25) is 0 Å². The van der Waals surface area contributed by atoms with Gasteiger partial charge in [0.15, 0.2) is 6.10 Å². The normalized spacial score (nSPS) is 16.4. The highest BCUT2D eigenvalue weighted by atomic mass is 32.2. The Balaban J connectivity index is 1.95. The number of amides is 2. The molecule has 1 heterocycles. The molecule has 1 aliphatic heterocycles. The van der Waals surface area contributed by atoms with Crippen LogP contribution < -0.4 is 20.5 Å². The molecular formula is C16H15N3O5S. The molecule has 0 spiro atoms. The van der Waals surface area contributed by atoms with Gasteiger partial charge in [-0.15, -0.1) is 0 Å². The van der Waals surface area contributed by atoms with Crippen LogP contribution in [-0.4, -0.2) is 26.3 Å². The van der Waals surface area contributed by atoms with E-state index in [0.29, 0.717) is 5.69 Å². The van der Waals surface area contributed by atoms with E-state index in [1.54, 1.807) is 19.1 Å². The van der Waals surface area contributed by atoms with Gasteiger partial charge in [-0.25, -0.2) is 8.42 Å². The van der Waals surface area contributed by atoms with E-state index in [1.807, 2.05) is 0 Å². The number of hydrogen-bond acceptors (Lipinski definition) is 5. The molecule has 1 unspecified atom stereocenters. The lowest BCUT2D eigenvalue weighted by atomic mass is 10.2. The maximum Gasteiger partial charge on any atom is 0.265 e. The van der Waals surface area contributed by atoms with Crippen LogP contribution >= 0.6 is 0 Å². The third kappa shape index (κ3) is 3.26. The molecule has 1 atom stereocenters. The van der Waals surface area contributed by atoms with Crippen LogP contribution in [0.2, 0.25) is 0 Å². The molecule has 0 radical (unpaired) electrons. The summed E-state index contributed by atoms with van der Waals surface area (Å²) in [5.41, 5.74) is 5.78. The summed E-state index contributed by atoms with van der Waals surface area (Å²) in [4.78, 5) is 22.9. The first-order valence-electron chi connectivity index (χ1n) is 7.31. The van der Waals surface area contributed by atoms with Crippen molar-refractivity contribution in [3.8, 4) is 5.75 Å². The number of carbonyl (C=O) groups excluding carboxylic acids is 2. The van der Waals surface area contributed by atoms with Gasteiger partial charge in [0, 0.05) is 6.07 Å². The highest BCUT2D eigenvalue weighted by molar-refractivity contribution is 7.92. The summed E-state index contributed by atoms with van der Waals surface area (Å²) in [6.07, 6.45) is -0.728. The maximum absolute atomic E-state index is 12.6. The first-order valence-corrected chi connectivity index (χ1v) is 8.79. The molecule has 130 valence electrons. The van der Waals surface area contributed by atoms with Crippen molar-refractivity contribution in [2.45, 2.75) is 17.9 Å². The van der Waals surface area contributed by atoms with E-state index in [4.69, 9.17) is 10.5 Å². The molecule has 3 rings (SSSR count). The van der Waals surface area contributed by atoms with Crippen LogP contribution in [0.25, 0.3) is 0 Å². The SMILES string of the molecule is CC1Oc2cc(S(=O)(=O)Nc3ccccc3C(N)=O)ccc2NC1=O. The van der Waals surface area contributed by atoms with Crippen molar-refractivity contribution in [1.82, 2.24) is 0 Å². The van der Waals surface area contributed by atoms with Crippen molar-refractivity contribution >= 4 is 33.2 Å². The fourth-order valence-electron chi connectivity index (χ4n) is 2.34. The van der Waals surface area contributed by atoms with Gasteiger partial charge >= 0.3 is 0 Å². The second-order valence-corrected chi connectivity index (χ2v) is 7.11. The number of nitrogens with two attached hydrogens (primary N) is 1. The number of carbonyl (C=O) groups is 2. The van der Waals surface area contributed by atoms with Crippen molar-refractivity contribution in [2.24, 2.45) is 5.73 Å². The monoisotopic (exact) mass is 361 g/mol. The number of anilines is 2. The fourth-order valence-corrected chi connectivity index (χ4v) is 3.43. The van der Waals surface area contributed by atoms with Gasteiger partial charge in [-0.3, -0.25) is 14.3 Å². The van der Waals surface area contributed by atoms with Crippen molar-refractivity contribution < 1.29 is 22.7 Å². The van der Waals surface area contributed by atoms with Gasteiger partial charge in [0.1, 0.15) is 5.75 Å². The van der Waals surface area contributed by atoms with Crippen LogP contribution in [0.3, 0.4) is 0 Å². The van der Waals surface area contributed by atoms with E-state index in [0.717, 1.165) is 0 Å². The zero-order valence-corrected chi connectivity index (χ0v) is 14.0. The van der Waals surface area contributed by atoms with Crippen molar-refractivity contribution in [1.29, 1.82) is 0 Å². The molecule has 0 saturated heterocycles. The summed E-state index contributed by atoms with van der Waals surface area (Å²) in [6.45, 7) is 1.56. The van der Waals surface area contributed by atoms with Crippen LogP contribution in [0, 0.1) is 0 Å². The minimum absolute atomic E-state index is 0.0566. The lowest BCUT2D eigenvalue weighted by molar-refractivity contribution is -0.122. The molecule has 0 fully saturated rings. The van der Waals surface area contributed by atoms with Gasteiger partial charge < -0.3 is 15.8 Å². The Kier molecular flexibility index (Phi) is 4.09. The number of hydrogen-bond donors (Lipinski definition) is 3. The number of primary amides is 1. The quantitative estimate of drug-likeness (QED) is 0.756. The molecule has 0 bridgehead atoms. The number of benzene rings is 2. The largest absolute Gasteiger partial charge is 0.479 e. The number of nitrogens with one attached hydrogen (secondary N) is 2. The number of fused-ring (bicyclic) bond motifs is 1. The lowest BCUT2D eigenvalue weighted by Crippen LogP contribution is -2.34. The van der Waals surface area contributed by atoms with Gasteiger partial charge in [0.25, 0.3) is 21.8 Å². The molecule has 8 nitrogen and oxygen atoms in total. The highest BCUT2D eigenvalue weighted by Crippen LogP contribution is 2.32. The van der Waals surface area contributed by atoms with Crippen LogP contribution in [0.15, 0.2) is 47.4 Å². The summed E-state index contributed by atoms with van der Waals surface area (Å²) < 4.78 is 33.0. The standard InChI is InChI=1S/C16H15N3O5S/c1-9-16(21)18-13-7-6-10(8-14(13)24-9)25(22,23)19-12-5-3-2-4-11(12)15(17)20/h2-9,19H,1H3,(H2,17,20)(H,18,21). The summed E-state index contributed by atoms with van der Waals surface area (Å²) in [5, 5.41) is 2.62. The van der Waals surface area contributed by atoms with Gasteiger partial charge in [-0.2, -0.15) is 0 Å². The zero-order chi connectivity index (χ0) is 18.2. The zero-order valence-electron chi connectivity index (χ0n) is 13.1. The summed E-state index contributed by atoms with van der Waals surface area (Å²) in [7, 11) is -3.98. The Labute approximate surface area is 144 Å². The molecule has 2 aromatic rings. The molecule has 0 saturated carbocycles. The van der Waals surface area contributed by atoms with Crippen molar-refractivity contribution in [2.75, 3.05) is 10.0 Å². The minimum atomic E-state index is -3.98. The topological polar surface area (TPSA) is 128 Å². The number of sulfonamides is 1. The van der Waals surface area contributed by atoms with Crippen molar-refractivity contribution in [3.63, 3.8) is 0 Å². The number of para-hydroxylation sites is 1. The molecule has 2 amide bonds. The Morgan fingerprint density at radius 1 is 1.24 bits per heavy atom. The summed E-state index contributed by atoms with van der Waals surface area (Å²) in [6, 6.07) is 10.1.